The first-order chi connectivity index (χ1) is 6.22. The lowest BCUT2D eigenvalue weighted by Gasteiger charge is -2.08. The highest BCUT2D eigenvalue weighted by atomic mass is 16.5. The molecule has 0 radical (unpaired) electrons. The maximum atomic E-state index is 8.97. The topological polar surface area (TPSA) is 75.5 Å². The number of hydrogen-bond acceptors (Lipinski definition) is 5. The van der Waals surface area contributed by atoms with Crippen LogP contribution in [0.15, 0.2) is 12.4 Å². The Balaban J connectivity index is 2.45. The second-order valence-electron chi connectivity index (χ2n) is 2.65. The van der Waals surface area contributed by atoms with E-state index in [2.05, 4.69) is 9.97 Å². The Morgan fingerprint density at radius 2 is 2.31 bits per heavy atom. The Bertz CT molecular complexity index is 267. The zero-order chi connectivity index (χ0) is 9.68. The Labute approximate surface area is 76.0 Å². The van der Waals surface area contributed by atoms with Crippen LogP contribution < -0.4 is 4.74 Å². The molecule has 0 bridgehead atoms. The van der Waals surface area contributed by atoms with E-state index < -0.39 is 6.10 Å². The molecule has 1 atom stereocenters. The SMILES string of the molecule is Cc1cncc(OC[C@H](O)CO)n1. The van der Waals surface area contributed by atoms with E-state index in [1.165, 1.54) is 6.20 Å². The van der Waals surface area contributed by atoms with Crippen LogP contribution in [0.4, 0.5) is 0 Å². The predicted molar refractivity (Wildman–Crippen MR) is 45.4 cm³/mol. The molecule has 0 saturated heterocycles. The molecule has 5 nitrogen and oxygen atoms in total. The highest BCUT2D eigenvalue weighted by molar-refractivity contribution is 5.06. The van der Waals surface area contributed by atoms with Crippen molar-refractivity contribution in [3.8, 4) is 5.88 Å². The van der Waals surface area contributed by atoms with E-state index in [-0.39, 0.29) is 13.2 Å². The smallest absolute Gasteiger partial charge is 0.232 e. The van der Waals surface area contributed by atoms with Crippen LogP contribution in [0.3, 0.4) is 0 Å². The van der Waals surface area contributed by atoms with Crippen molar-refractivity contribution in [3.05, 3.63) is 18.1 Å². The van der Waals surface area contributed by atoms with Crippen LogP contribution in [-0.4, -0.2) is 39.5 Å². The minimum Gasteiger partial charge on any atom is -0.474 e. The minimum atomic E-state index is -0.873. The summed E-state index contributed by atoms with van der Waals surface area (Å²) in [6.07, 6.45) is 2.19. The molecule has 0 fully saturated rings. The van der Waals surface area contributed by atoms with Crippen LogP contribution in [0.1, 0.15) is 5.69 Å². The fourth-order valence-corrected chi connectivity index (χ4v) is 0.744. The number of aromatic nitrogens is 2. The van der Waals surface area contributed by atoms with E-state index >= 15 is 0 Å². The Hall–Kier alpha value is -1.20. The molecular weight excluding hydrogens is 172 g/mol. The van der Waals surface area contributed by atoms with Crippen molar-refractivity contribution in [2.75, 3.05) is 13.2 Å². The largest absolute Gasteiger partial charge is 0.474 e. The van der Waals surface area contributed by atoms with Gasteiger partial charge < -0.3 is 14.9 Å². The molecule has 0 unspecified atom stereocenters. The van der Waals surface area contributed by atoms with Crippen molar-refractivity contribution in [2.24, 2.45) is 0 Å². The van der Waals surface area contributed by atoms with Crippen molar-refractivity contribution < 1.29 is 14.9 Å². The van der Waals surface area contributed by atoms with E-state index in [4.69, 9.17) is 14.9 Å². The highest BCUT2D eigenvalue weighted by Crippen LogP contribution is 2.04. The summed E-state index contributed by atoms with van der Waals surface area (Å²) in [5.74, 6) is 0.354. The standard InChI is InChI=1S/C8H12N2O3/c1-6-2-9-3-8(10-6)13-5-7(12)4-11/h2-3,7,11-12H,4-5H2,1H3/t7-/m1/s1. The van der Waals surface area contributed by atoms with E-state index in [0.29, 0.717) is 5.88 Å². The minimum absolute atomic E-state index is 0.0225. The van der Waals surface area contributed by atoms with Crippen LogP contribution in [0.2, 0.25) is 0 Å². The van der Waals surface area contributed by atoms with Crippen molar-refractivity contribution in [1.82, 2.24) is 9.97 Å². The Morgan fingerprint density at radius 1 is 1.54 bits per heavy atom. The van der Waals surface area contributed by atoms with Crippen LogP contribution in [0.5, 0.6) is 5.88 Å². The number of rotatable bonds is 4. The van der Waals surface area contributed by atoms with E-state index in [1.807, 2.05) is 0 Å². The molecule has 1 aromatic heterocycles. The lowest BCUT2D eigenvalue weighted by Crippen LogP contribution is -2.21. The summed E-state index contributed by atoms with van der Waals surface area (Å²) in [7, 11) is 0. The fraction of sp³-hybridized carbons (Fsp3) is 0.500. The molecule has 0 spiro atoms. The number of ether oxygens (including phenoxy) is 1. The molecule has 0 aliphatic rings. The van der Waals surface area contributed by atoms with Gasteiger partial charge in [-0.05, 0) is 6.92 Å². The molecule has 13 heavy (non-hydrogen) atoms. The molecule has 1 aromatic rings. The van der Waals surface area contributed by atoms with E-state index in [9.17, 15) is 0 Å². The molecule has 72 valence electrons. The normalized spacial score (nSPS) is 12.5. The van der Waals surface area contributed by atoms with Crippen LogP contribution in [0, 0.1) is 6.92 Å². The molecule has 1 heterocycles. The van der Waals surface area contributed by atoms with Crippen LogP contribution in [0.25, 0.3) is 0 Å². The van der Waals surface area contributed by atoms with Gasteiger partial charge in [0, 0.05) is 6.20 Å². The molecule has 2 N–H and O–H groups in total. The molecule has 0 saturated carbocycles. The summed E-state index contributed by atoms with van der Waals surface area (Å²) < 4.78 is 5.06. The van der Waals surface area contributed by atoms with Crippen molar-refractivity contribution in [2.45, 2.75) is 13.0 Å². The number of aliphatic hydroxyl groups is 2. The Kier molecular flexibility index (Phi) is 3.60. The monoisotopic (exact) mass is 184 g/mol. The predicted octanol–water partition coefficient (Wildman–Crippen LogP) is -0.483. The second kappa shape index (κ2) is 4.74. The molecular formula is C8H12N2O3. The molecule has 1 rings (SSSR count). The van der Waals surface area contributed by atoms with E-state index in [1.54, 1.807) is 13.1 Å². The lowest BCUT2D eigenvalue weighted by molar-refractivity contribution is 0.0519. The van der Waals surface area contributed by atoms with Crippen LogP contribution in [-0.2, 0) is 0 Å². The van der Waals surface area contributed by atoms with Gasteiger partial charge in [-0.2, -0.15) is 0 Å². The summed E-state index contributed by atoms with van der Waals surface area (Å²) in [5.41, 5.74) is 0.746. The molecule has 0 amide bonds. The van der Waals surface area contributed by atoms with Gasteiger partial charge in [-0.3, -0.25) is 4.98 Å². The summed E-state index contributed by atoms with van der Waals surface area (Å²) in [5, 5.41) is 17.5. The number of hydrogen-bond donors (Lipinski definition) is 2. The summed E-state index contributed by atoms with van der Waals surface area (Å²) in [6, 6.07) is 0. The zero-order valence-electron chi connectivity index (χ0n) is 7.34. The van der Waals surface area contributed by atoms with Gasteiger partial charge in [0.05, 0.1) is 18.5 Å². The van der Waals surface area contributed by atoms with Crippen LogP contribution >= 0.6 is 0 Å². The van der Waals surface area contributed by atoms with E-state index in [0.717, 1.165) is 5.69 Å². The van der Waals surface area contributed by atoms with Crippen molar-refractivity contribution in [1.29, 1.82) is 0 Å². The van der Waals surface area contributed by atoms with Crippen molar-refractivity contribution in [3.63, 3.8) is 0 Å². The molecule has 0 aliphatic heterocycles. The molecule has 5 heteroatoms. The van der Waals surface area contributed by atoms with Gasteiger partial charge in [0.2, 0.25) is 5.88 Å². The second-order valence-corrected chi connectivity index (χ2v) is 2.65. The van der Waals surface area contributed by atoms with Gasteiger partial charge in [-0.25, -0.2) is 4.98 Å². The average Bonchev–Trinajstić information content (AvgIpc) is 2.14. The quantitative estimate of drug-likeness (QED) is 0.660. The summed E-state index contributed by atoms with van der Waals surface area (Å²) in [6.45, 7) is 1.50. The molecule has 0 aliphatic carbocycles. The fourth-order valence-electron chi connectivity index (χ4n) is 0.744. The number of aryl methyl sites for hydroxylation is 1. The third kappa shape index (κ3) is 3.35. The van der Waals surface area contributed by atoms with Gasteiger partial charge in [0.15, 0.2) is 0 Å². The zero-order valence-corrected chi connectivity index (χ0v) is 7.34. The summed E-state index contributed by atoms with van der Waals surface area (Å²) >= 11 is 0. The number of aliphatic hydroxyl groups excluding tert-OH is 2. The van der Waals surface area contributed by atoms with Gasteiger partial charge >= 0.3 is 0 Å². The average molecular weight is 184 g/mol. The van der Waals surface area contributed by atoms with Gasteiger partial charge in [0.1, 0.15) is 12.7 Å². The first kappa shape index (κ1) is 9.88. The van der Waals surface area contributed by atoms with Crippen molar-refractivity contribution >= 4 is 0 Å². The van der Waals surface area contributed by atoms with Gasteiger partial charge in [-0.1, -0.05) is 0 Å². The van der Waals surface area contributed by atoms with Gasteiger partial charge in [-0.15, -0.1) is 0 Å². The van der Waals surface area contributed by atoms with Gasteiger partial charge in [0.25, 0.3) is 0 Å². The maximum Gasteiger partial charge on any atom is 0.232 e. The number of nitrogens with zero attached hydrogens (tertiary/aromatic N) is 2. The first-order valence-electron chi connectivity index (χ1n) is 3.92. The first-order valence-corrected chi connectivity index (χ1v) is 3.92. The maximum absolute atomic E-state index is 8.97. The summed E-state index contributed by atoms with van der Waals surface area (Å²) in [4.78, 5) is 7.86. The Morgan fingerprint density at radius 3 is 2.92 bits per heavy atom. The third-order valence-electron chi connectivity index (χ3n) is 1.37. The highest BCUT2D eigenvalue weighted by Gasteiger charge is 2.03. The molecule has 0 aromatic carbocycles. The lowest BCUT2D eigenvalue weighted by atomic mass is 10.4. The third-order valence-corrected chi connectivity index (χ3v) is 1.37.